The SMILES string of the molecule is CC12C(=CC=CC1c1c3ccccc3c(-c3cccc4sc5cc(-c6c7ccccc7c(-c7ccccc7)c7ccccc67)ccc5c34)c3ccccc13)Oc1ccccc12. The van der Waals surface area contributed by atoms with Crippen LogP contribution in [0.1, 0.15) is 24.0 Å². The second-order valence-corrected chi connectivity index (χ2v) is 17.9. The highest BCUT2D eigenvalue weighted by Gasteiger charge is 2.49. The Bertz CT molecular complexity index is 3590. The average molecular weight is 795 g/mol. The second kappa shape index (κ2) is 13.1. The quantitative estimate of drug-likeness (QED) is 0.161. The predicted octanol–water partition coefficient (Wildman–Crippen LogP) is 16.6. The number of rotatable bonds is 4. The van der Waals surface area contributed by atoms with Crippen LogP contribution in [0.3, 0.4) is 0 Å². The summed E-state index contributed by atoms with van der Waals surface area (Å²) in [7, 11) is 0. The number of thiophene rings is 1. The Morgan fingerprint density at radius 3 is 1.67 bits per heavy atom. The summed E-state index contributed by atoms with van der Waals surface area (Å²) in [6, 6.07) is 69.6. The maximum absolute atomic E-state index is 6.58. The van der Waals surface area contributed by atoms with E-state index in [9.17, 15) is 0 Å². The molecule has 0 N–H and O–H groups in total. The zero-order chi connectivity index (χ0) is 40.2. The third kappa shape index (κ3) is 4.88. The molecule has 1 aromatic heterocycles. The van der Waals surface area contributed by atoms with Crippen molar-refractivity contribution in [1.82, 2.24) is 0 Å². The van der Waals surface area contributed by atoms with Crippen molar-refractivity contribution in [2.45, 2.75) is 18.3 Å². The van der Waals surface area contributed by atoms with Gasteiger partial charge in [0.05, 0.1) is 5.41 Å². The zero-order valence-corrected chi connectivity index (χ0v) is 34.3. The van der Waals surface area contributed by atoms with Crippen LogP contribution in [-0.4, -0.2) is 0 Å². The first kappa shape index (κ1) is 34.6. The van der Waals surface area contributed by atoms with Gasteiger partial charge in [0.2, 0.25) is 0 Å². The van der Waals surface area contributed by atoms with E-state index in [4.69, 9.17) is 4.74 Å². The van der Waals surface area contributed by atoms with Crippen molar-refractivity contribution >= 4 is 74.6 Å². The Morgan fingerprint density at radius 2 is 1.02 bits per heavy atom. The van der Waals surface area contributed by atoms with Crippen LogP contribution in [0.15, 0.2) is 212 Å². The molecule has 13 rings (SSSR count). The van der Waals surface area contributed by atoms with Gasteiger partial charge in [-0.2, -0.15) is 0 Å². The molecule has 286 valence electrons. The van der Waals surface area contributed by atoms with E-state index in [1.54, 1.807) is 0 Å². The number of allylic oxidation sites excluding steroid dienone is 4. The van der Waals surface area contributed by atoms with Crippen molar-refractivity contribution in [3.8, 4) is 39.1 Å². The van der Waals surface area contributed by atoms with Gasteiger partial charge in [-0.3, -0.25) is 0 Å². The molecule has 0 bridgehead atoms. The summed E-state index contributed by atoms with van der Waals surface area (Å²) in [5, 5.41) is 12.8. The summed E-state index contributed by atoms with van der Waals surface area (Å²) in [5.41, 5.74) is 9.90. The molecular formula is C59H38OS. The first-order valence-corrected chi connectivity index (χ1v) is 22.0. The van der Waals surface area contributed by atoms with Gasteiger partial charge in [0.15, 0.2) is 0 Å². The average Bonchev–Trinajstić information content (AvgIpc) is 3.85. The van der Waals surface area contributed by atoms with Crippen molar-refractivity contribution < 1.29 is 4.74 Å². The summed E-state index contributed by atoms with van der Waals surface area (Å²) in [6.07, 6.45) is 6.75. The van der Waals surface area contributed by atoms with E-state index in [1.165, 1.54) is 108 Å². The Hall–Kier alpha value is -7.26. The predicted molar refractivity (Wildman–Crippen MR) is 260 cm³/mol. The molecule has 1 aliphatic carbocycles. The summed E-state index contributed by atoms with van der Waals surface area (Å²) in [6.45, 7) is 2.37. The number of benzene rings is 10. The Morgan fingerprint density at radius 1 is 0.459 bits per heavy atom. The topological polar surface area (TPSA) is 9.23 Å². The molecule has 61 heavy (non-hydrogen) atoms. The fourth-order valence-electron chi connectivity index (χ4n) is 11.0. The maximum Gasteiger partial charge on any atom is 0.131 e. The van der Waals surface area contributed by atoms with Gasteiger partial charge in [-0.15, -0.1) is 11.3 Å². The van der Waals surface area contributed by atoms with Gasteiger partial charge in [0.1, 0.15) is 11.5 Å². The van der Waals surface area contributed by atoms with Gasteiger partial charge >= 0.3 is 0 Å². The van der Waals surface area contributed by atoms with Crippen molar-refractivity contribution in [3.63, 3.8) is 0 Å². The minimum atomic E-state index is -0.335. The van der Waals surface area contributed by atoms with Crippen LogP contribution < -0.4 is 4.74 Å². The monoisotopic (exact) mass is 794 g/mol. The lowest BCUT2D eigenvalue weighted by Gasteiger charge is -2.36. The molecule has 2 unspecified atom stereocenters. The van der Waals surface area contributed by atoms with Gasteiger partial charge in [0, 0.05) is 31.7 Å². The molecular weight excluding hydrogens is 757 g/mol. The van der Waals surface area contributed by atoms with E-state index in [-0.39, 0.29) is 11.3 Å². The molecule has 0 fully saturated rings. The van der Waals surface area contributed by atoms with Crippen molar-refractivity contribution in [1.29, 1.82) is 0 Å². The lowest BCUT2D eigenvalue weighted by Crippen LogP contribution is -2.31. The van der Waals surface area contributed by atoms with E-state index in [0.717, 1.165) is 11.5 Å². The molecule has 0 amide bonds. The molecule has 2 aliphatic rings. The third-order valence-corrected chi connectivity index (χ3v) is 14.8. The van der Waals surface area contributed by atoms with Gasteiger partial charge in [0.25, 0.3) is 0 Å². The zero-order valence-electron chi connectivity index (χ0n) is 33.5. The van der Waals surface area contributed by atoms with E-state index >= 15 is 0 Å². The minimum Gasteiger partial charge on any atom is -0.460 e. The molecule has 0 spiro atoms. The van der Waals surface area contributed by atoms with Crippen molar-refractivity contribution in [2.24, 2.45) is 0 Å². The Kier molecular flexibility index (Phi) is 7.44. The fourth-order valence-corrected chi connectivity index (χ4v) is 12.2. The number of hydrogen-bond acceptors (Lipinski definition) is 2. The molecule has 10 aromatic carbocycles. The number of ether oxygens (including phenoxy) is 1. The van der Waals surface area contributed by atoms with Crippen LogP contribution in [0.25, 0.3) is 96.6 Å². The van der Waals surface area contributed by atoms with Crippen molar-refractivity contribution in [2.75, 3.05) is 0 Å². The van der Waals surface area contributed by atoms with Crippen LogP contribution in [0.2, 0.25) is 0 Å². The first-order valence-electron chi connectivity index (χ1n) is 21.2. The molecule has 1 nitrogen and oxygen atoms in total. The maximum atomic E-state index is 6.58. The number of para-hydroxylation sites is 1. The lowest BCUT2D eigenvalue weighted by atomic mass is 9.65. The highest BCUT2D eigenvalue weighted by molar-refractivity contribution is 7.26. The molecule has 2 atom stereocenters. The smallest absolute Gasteiger partial charge is 0.131 e. The first-order chi connectivity index (χ1) is 30.2. The fraction of sp³-hybridized carbons (Fsp3) is 0.0508. The van der Waals surface area contributed by atoms with Crippen LogP contribution in [-0.2, 0) is 5.41 Å². The summed E-state index contributed by atoms with van der Waals surface area (Å²) >= 11 is 1.90. The van der Waals surface area contributed by atoms with Gasteiger partial charge < -0.3 is 4.74 Å². The van der Waals surface area contributed by atoms with Crippen LogP contribution >= 0.6 is 11.3 Å². The van der Waals surface area contributed by atoms with Crippen LogP contribution in [0.4, 0.5) is 0 Å². The summed E-state index contributed by atoms with van der Waals surface area (Å²) in [5.74, 6) is 2.05. The molecule has 0 saturated carbocycles. The van der Waals surface area contributed by atoms with Gasteiger partial charge in [-0.25, -0.2) is 0 Å². The lowest BCUT2D eigenvalue weighted by molar-refractivity contribution is 0.358. The molecule has 2 heteroatoms. The highest BCUT2D eigenvalue weighted by Crippen LogP contribution is 2.58. The molecule has 0 radical (unpaired) electrons. The molecule has 1 aliphatic heterocycles. The highest BCUT2D eigenvalue weighted by atomic mass is 32.1. The second-order valence-electron chi connectivity index (χ2n) is 16.8. The number of fused-ring (bicyclic) bond motifs is 10. The van der Waals surface area contributed by atoms with Crippen LogP contribution in [0.5, 0.6) is 5.75 Å². The largest absolute Gasteiger partial charge is 0.460 e. The van der Waals surface area contributed by atoms with E-state index in [2.05, 4.69) is 213 Å². The summed E-state index contributed by atoms with van der Waals surface area (Å²) < 4.78 is 9.17. The normalized spacial score (nSPS) is 17.0. The minimum absolute atomic E-state index is 0.0742. The van der Waals surface area contributed by atoms with E-state index in [1.807, 2.05) is 11.3 Å². The molecule has 0 saturated heterocycles. The molecule has 2 heterocycles. The standard InChI is InChI=1S/C59H38OS/c1-59-48-28-13-14-30-50(48)60-53(59)32-16-29-49(59)57-44-25-11-9-23-42(44)56(43-24-10-12-26-45(43)57)47-27-15-31-51-58(47)46-34-33-37(35-52(46)61-51)55-40-21-7-5-19-38(40)54(36-17-3-2-4-18-36)39-20-6-8-22-41(39)55/h2-35,49H,1H3. The molecule has 11 aromatic rings. The number of hydrogen-bond donors (Lipinski definition) is 0. The summed E-state index contributed by atoms with van der Waals surface area (Å²) in [4.78, 5) is 0. The Labute approximate surface area is 358 Å². The van der Waals surface area contributed by atoms with Gasteiger partial charge in [-0.05, 0) is 113 Å². The van der Waals surface area contributed by atoms with Crippen LogP contribution in [0, 0.1) is 0 Å². The van der Waals surface area contributed by atoms with E-state index < -0.39 is 0 Å². The van der Waals surface area contributed by atoms with Gasteiger partial charge in [-0.1, -0.05) is 182 Å². The van der Waals surface area contributed by atoms with Crippen molar-refractivity contribution in [3.05, 3.63) is 223 Å². The third-order valence-electron chi connectivity index (χ3n) is 13.7. The Balaban J connectivity index is 1.04. The van der Waals surface area contributed by atoms with E-state index in [0.29, 0.717) is 0 Å².